The highest BCUT2D eigenvalue weighted by Gasteiger charge is 2.27. The van der Waals surface area contributed by atoms with Gasteiger partial charge in [-0.3, -0.25) is 14.6 Å². The van der Waals surface area contributed by atoms with E-state index in [0.29, 0.717) is 22.9 Å². The highest BCUT2D eigenvalue weighted by Crippen LogP contribution is 2.26. The highest BCUT2D eigenvalue weighted by atomic mass is 35.5. The van der Waals surface area contributed by atoms with Gasteiger partial charge < -0.3 is 10.5 Å². The lowest BCUT2D eigenvalue weighted by molar-refractivity contribution is -0.119. The van der Waals surface area contributed by atoms with Crippen LogP contribution in [0.1, 0.15) is 32.8 Å². The van der Waals surface area contributed by atoms with Crippen molar-refractivity contribution >= 4 is 17.5 Å². The maximum atomic E-state index is 10.8. The average Bonchev–Trinajstić information content (AvgIpc) is 2.53. The van der Waals surface area contributed by atoms with Crippen molar-refractivity contribution in [1.29, 1.82) is 0 Å². The molecule has 1 aromatic carbocycles. The first-order chi connectivity index (χ1) is 11.4. The summed E-state index contributed by atoms with van der Waals surface area (Å²) in [5.74, 6) is -0.0148. The van der Waals surface area contributed by atoms with Gasteiger partial charge in [-0.25, -0.2) is 0 Å². The van der Waals surface area contributed by atoms with E-state index in [0.717, 1.165) is 38.2 Å². The van der Waals surface area contributed by atoms with Gasteiger partial charge >= 0.3 is 0 Å². The fourth-order valence-corrected chi connectivity index (χ4v) is 3.55. The maximum Gasteiger partial charge on any atom is 0.255 e. The summed E-state index contributed by atoms with van der Waals surface area (Å²) in [5, 5.41) is 0.515. The Hall–Kier alpha value is -1.30. The average molecular weight is 354 g/mol. The van der Waals surface area contributed by atoms with Crippen LogP contribution in [0.3, 0.4) is 0 Å². The van der Waals surface area contributed by atoms with Crippen LogP contribution < -0.4 is 10.5 Å². The van der Waals surface area contributed by atoms with E-state index in [2.05, 4.69) is 30.6 Å². The Bertz CT molecular complexity index is 565. The first kappa shape index (κ1) is 19.0. The summed E-state index contributed by atoms with van der Waals surface area (Å²) in [6.07, 6.45) is 1.16. The molecule has 5 nitrogen and oxygen atoms in total. The number of benzene rings is 1. The standard InChI is InChI=1S/C18H28ClN3O2/c1-4-15-11-21(7-8-22(15)13(2)3)10-14-5-6-17(16(19)9-14)24-12-18(20)23/h5-6,9,13,15H,4,7-8,10-12H2,1-3H3,(H2,20,23). The molecule has 2 N–H and O–H groups in total. The zero-order chi connectivity index (χ0) is 17.7. The van der Waals surface area contributed by atoms with Gasteiger partial charge in [0, 0.05) is 38.3 Å². The van der Waals surface area contributed by atoms with Crippen molar-refractivity contribution in [2.24, 2.45) is 5.73 Å². The minimum Gasteiger partial charge on any atom is -0.482 e. The highest BCUT2D eigenvalue weighted by molar-refractivity contribution is 6.32. The minimum absolute atomic E-state index is 0.158. The Kier molecular flexibility index (Phi) is 6.90. The van der Waals surface area contributed by atoms with Gasteiger partial charge in [0.25, 0.3) is 5.91 Å². The second-order valence-electron chi connectivity index (χ2n) is 6.65. The minimum atomic E-state index is -0.510. The van der Waals surface area contributed by atoms with Gasteiger partial charge in [-0.15, -0.1) is 0 Å². The summed E-state index contributed by atoms with van der Waals surface area (Å²) < 4.78 is 5.29. The number of carbonyl (C=O) groups excluding carboxylic acids is 1. The lowest BCUT2D eigenvalue weighted by Crippen LogP contribution is -2.54. The molecule has 2 rings (SSSR count). The van der Waals surface area contributed by atoms with E-state index in [1.54, 1.807) is 0 Å². The lowest BCUT2D eigenvalue weighted by Gasteiger charge is -2.43. The van der Waals surface area contributed by atoms with Crippen molar-refractivity contribution in [2.75, 3.05) is 26.2 Å². The smallest absolute Gasteiger partial charge is 0.255 e. The van der Waals surface area contributed by atoms with E-state index in [9.17, 15) is 4.79 Å². The predicted octanol–water partition coefficient (Wildman–Crippen LogP) is 2.51. The second kappa shape index (κ2) is 8.70. The number of carbonyl (C=O) groups is 1. The number of hydrogen-bond donors (Lipinski definition) is 1. The first-order valence-corrected chi connectivity index (χ1v) is 8.96. The molecule has 1 aliphatic rings. The molecule has 1 aromatic rings. The largest absolute Gasteiger partial charge is 0.482 e. The first-order valence-electron chi connectivity index (χ1n) is 8.58. The molecule has 6 heteroatoms. The molecule has 0 saturated carbocycles. The molecule has 1 unspecified atom stereocenters. The normalized spacial score (nSPS) is 19.6. The van der Waals surface area contributed by atoms with Crippen molar-refractivity contribution in [2.45, 2.75) is 45.8 Å². The van der Waals surface area contributed by atoms with Gasteiger partial charge in [-0.2, -0.15) is 0 Å². The molecule has 0 aromatic heterocycles. The number of amides is 1. The molecule has 1 atom stereocenters. The van der Waals surface area contributed by atoms with Gasteiger partial charge in [0.2, 0.25) is 0 Å². The molecule has 1 amide bonds. The van der Waals surface area contributed by atoms with E-state index in [-0.39, 0.29) is 6.61 Å². The van der Waals surface area contributed by atoms with Crippen LogP contribution in [0.5, 0.6) is 5.75 Å². The number of primary amides is 1. The quantitative estimate of drug-likeness (QED) is 0.818. The molecule has 0 spiro atoms. The number of nitrogens with zero attached hydrogens (tertiary/aromatic N) is 2. The van der Waals surface area contributed by atoms with E-state index in [4.69, 9.17) is 22.1 Å². The Balaban J connectivity index is 1.96. The van der Waals surface area contributed by atoms with Crippen LogP contribution in [0.2, 0.25) is 5.02 Å². The SMILES string of the molecule is CCC1CN(Cc2ccc(OCC(N)=O)c(Cl)c2)CCN1C(C)C. The van der Waals surface area contributed by atoms with Crippen LogP contribution in [-0.2, 0) is 11.3 Å². The van der Waals surface area contributed by atoms with Crippen LogP contribution in [-0.4, -0.2) is 54.0 Å². The summed E-state index contributed by atoms with van der Waals surface area (Å²) in [7, 11) is 0. The molecule has 134 valence electrons. The third-order valence-electron chi connectivity index (χ3n) is 4.52. The van der Waals surface area contributed by atoms with Crippen LogP contribution in [0, 0.1) is 0 Å². The van der Waals surface area contributed by atoms with Gasteiger partial charge in [-0.05, 0) is 38.0 Å². The van der Waals surface area contributed by atoms with Gasteiger partial charge in [-0.1, -0.05) is 24.6 Å². The van der Waals surface area contributed by atoms with Crippen LogP contribution in [0.15, 0.2) is 18.2 Å². The Labute approximate surface area is 149 Å². The van der Waals surface area contributed by atoms with E-state index >= 15 is 0 Å². The van der Waals surface area contributed by atoms with Crippen molar-refractivity contribution in [3.05, 3.63) is 28.8 Å². The molecule has 1 fully saturated rings. The monoisotopic (exact) mass is 353 g/mol. The van der Waals surface area contributed by atoms with Crippen LogP contribution >= 0.6 is 11.6 Å². The zero-order valence-electron chi connectivity index (χ0n) is 14.8. The summed E-state index contributed by atoms with van der Waals surface area (Å²) in [6.45, 7) is 10.7. The summed E-state index contributed by atoms with van der Waals surface area (Å²) in [4.78, 5) is 15.9. The number of hydrogen-bond acceptors (Lipinski definition) is 4. The van der Waals surface area contributed by atoms with E-state index in [1.165, 1.54) is 0 Å². The van der Waals surface area contributed by atoms with E-state index < -0.39 is 5.91 Å². The van der Waals surface area contributed by atoms with E-state index in [1.807, 2.05) is 18.2 Å². The molecular formula is C18H28ClN3O2. The topological polar surface area (TPSA) is 58.8 Å². The van der Waals surface area contributed by atoms with Crippen molar-refractivity contribution in [3.8, 4) is 5.75 Å². The summed E-state index contributed by atoms with van der Waals surface area (Å²) >= 11 is 6.25. The molecule has 1 aliphatic heterocycles. The van der Waals surface area contributed by atoms with Gasteiger partial charge in [0.05, 0.1) is 5.02 Å². The Morgan fingerprint density at radius 2 is 2.17 bits per heavy atom. The number of nitrogens with two attached hydrogens (primary N) is 1. The third-order valence-corrected chi connectivity index (χ3v) is 4.81. The van der Waals surface area contributed by atoms with Crippen LogP contribution in [0.25, 0.3) is 0 Å². The molecule has 1 saturated heterocycles. The lowest BCUT2D eigenvalue weighted by atomic mass is 10.1. The molecule has 0 bridgehead atoms. The van der Waals surface area contributed by atoms with Crippen molar-refractivity contribution in [1.82, 2.24) is 9.80 Å². The van der Waals surface area contributed by atoms with Crippen molar-refractivity contribution in [3.63, 3.8) is 0 Å². The molecule has 0 aliphatic carbocycles. The predicted molar refractivity (Wildman–Crippen MR) is 97.3 cm³/mol. The summed E-state index contributed by atoms with van der Waals surface area (Å²) in [6, 6.07) is 6.91. The fourth-order valence-electron chi connectivity index (χ4n) is 3.29. The van der Waals surface area contributed by atoms with Crippen LogP contribution in [0.4, 0.5) is 0 Å². The molecule has 24 heavy (non-hydrogen) atoms. The summed E-state index contributed by atoms with van der Waals surface area (Å²) in [5.41, 5.74) is 6.24. The maximum absolute atomic E-state index is 10.8. The Morgan fingerprint density at radius 1 is 1.42 bits per heavy atom. The van der Waals surface area contributed by atoms with Gasteiger partial charge in [0.15, 0.2) is 6.61 Å². The Morgan fingerprint density at radius 3 is 2.75 bits per heavy atom. The number of rotatable bonds is 7. The second-order valence-corrected chi connectivity index (χ2v) is 7.06. The third kappa shape index (κ3) is 5.10. The molecule has 1 heterocycles. The fraction of sp³-hybridized carbons (Fsp3) is 0.611. The number of ether oxygens (including phenoxy) is 1. The number of halogens is 1. The van der Waals surface area contributed by atoms with Gasteiger partial charge in [0.1, 0.15) is 5.75 Å². The molecule has 0 radical (unpaired) electrons. The van der Waals surface area contributed by atoms with Crippen molar-refractivity contribution < 1.29 is 9.53 Å². The number of piperazine rings is 1. The zero-order valence-corrected chi connectivity index (χ0v) is 15.6. The molecular weight excluding hydrogens is 326 g/mol.